The van der Waals surface area contributed by atoms with E-state index >= 15 is 0 Å². The molecular weight excluding hydrogens is 350 g/mol. The molecule has 26 heavy (non-hydrogen) atoms. The first-order chi connectivity index (χ1) is 12.5. The monoisotopic (exact) mass is 371 g/mol. The fraction of sp³-hybridized carbons (Fsp3) is 0.250. The van der Waals surface area contributed by atoms with Gasteiger partial charge in [-0.1, -0.05) is 6.07 Å². The molecule has 1 amide bonds. The molecule has 1 unspecified atom stereocenters. The fourth-order valence-corrected chi connectivity index (χ4v) is 3.42. The van der Waals surface area contributed by atoms with E-state index in [1.54, 1.807) is 36.4 Å². The highest BCUT2D eigenvalue weighted by Gasteiger charge is 2.36. The summed E-state index contributed by atoms with van der Waals surface area (Å²) < 4.78 is 11.0. The van der Waals surface area contributed by atoms with Crippen LogP contribution < -0.4 is 10.1 Å². The van der Waals surface area contributed by atoms with Gasteiger partial charge in [-0.2, -0.15) is 0 Å². The normalized spacial score (nSPS) is 13.4. The minimum Gasteiger partial charge on any atom is -0.491 e. The van der Waals surface area contributed by atoms with Gasteiger partial charge in [-0.25, -0.2) is 0 Å². The Morgan fingerprint density at radius 2 is 2.00 bits per heavy atom. The summed E-state index contributed by atoms with van der Waals surface area (Å²) in [5.41, 5.74) is -0.914. The van der Waals surface area contributed by atoms with Crippen molar-refractivity contribution in [1.82, 2.24) is 5.32 Å². The van der Waals surface area contributed by atoms with Gasteiger partial charge in [0.15, 0.2) is 5.60 Å². The highest BCUT2D eigenvalue weighted by Crippen LogP contribution is 2.32. The number of amides is 1. The van der Waals surface area contributed by atoms with Gasteiger partial charge in [0.25, 0.3) is 5.91 Å². The number of rotatable bonds is 7. The molecule has 3 aromatic rings. The van der Waals surface area contributed by atoms with E-state index in [0.717, 1.165) is 0 Å². The van der Waals surface area contributed by atoms with E-state index in [9.17, 15) is 9.90 Å². The number of hydrogen-bond acceptors (Lipinski definition) is 5. The van der Waals surface area contributed by atoms with Crippen molar-refractivity contribution in [1.29, 1.82) is 0 Å². The minimum atomic E-state index is -1.41. The van der Waals surface area contributed by atoms with Gasteiger partial charge < -0.3 is 19.6 Å². The lowest BCUT2D eigenvalue weighted by atomic mass is 9.98. The number of carbonyl (C=O) groups excluding carboxylic acids is 1. The van der Waals surface area contributed by atoms with Crippen molar-refractivity contribution >= 4 is 17.2 Å². The predicted molar refractivity (Wildman–Crippen MR) is 101 cm³/mol. The maximum absolute atomic E-state index is 12.5. The van der Waals surface area contributed by atoms with Crippen LogP contribution in [0.1, 0.15) is 34.8 Å². The average molecular weight is 371 g/mol. The van der Waals surface area contributed by atoms with Crippen LogP contribution in [0, 0.1) is 0 Å². The number of furan rings is 1. The molecule has 0 aliphatic rings. The second kappa shape index (κ2) is 7.76. The number of aliphatic hydroxyl groups is 1. The number of thiophene rings is 1. The summed E-state index contributed by atoms with van der Waals surface area (Å²) in [5, 5.41) is 15.8. The molecule has 3 rings (SSSR count). The molecule has 0 aliphatic carbocycles. The van der Waals surface area contributed by atoms with Gasteiger partial charge in [0.05, 0.1) is 18.9 Å². The first kappa shape index (κ1) is 18.2. The van der Waals surface area contributed by atoms with Gasteiger partial charge in [-0.15, -0.1) is 11.3 Å². The summed E-state index contributed by atoms with van der Waals surface area (Å²) in [6.07, 6.45) is 1.58. The number of nitrogens with one attached hydrogen (secondary N) is 1. The summed E-state index contributed by atoms with van der Waals surface area (Å²) in [6.45, 7) is 3.89. The van der Waals surface area contributed by atoms with Gasteiger partial charge >= 0.3 is 0 Å². The Balaban J connectivity index is 1.72. The lowest BCUT2D eigenvalue weighted by Crippen LogP contribution is -2.41. The van der Waals surface area contributed by atoms with E-state index in [2.05, 4.69) is 5.32 Å². The summed E-state index contributed by atoms with van der Waals surface area (Å²) in [6, 6.07) is 14.0. The largest absolute Gasteiger partial charge is 0.491 e. The molecule has 2 heterocycles. The Morgan fingerprint density at radius 3 is 2.58 bits per heavy atom. The van der Waals surface area contributed by atoms with Crippen LogP contribution in [-0.2, 0) is 5.60 Å². The summed E-state index contributed by atoms with van der Waals surface area (Å²) in [7, 11) is 0. The molecule has 1 aromatic carbocycles. The van der Waals surface area contributed by atoms with Crippen LogP contribution in [-0.4, -0.2) is 23.7 Å². The first-order valence-electron chi connectivity index (χ1n) is 8.34. The Hall–Kier alpha value is -2.57. The highest BCUT2D eigenvalue weighted by molar-refractivity contribution is 7.10. The zero-order valence-electron chi connectivity index (χ0n) is 14.6. The van der Waals surface area contributed by atoms with Crippen LogP contribution in [0.4, 0.5) is 0 Å². The third-order valence-electron chi connectivity index (χ3n) is 3.85. The lowest BCUT2D eigenvalue weighted by molar-refractivity contribution is 0.0554. The van der Waals surface area contributed by atoms with E-state index in [4.69, 9.17) is 9.15 Å². The van der Waals surface area contributed by atoms with Gasteiger partial charge in [-0.05, 0) is 61.7 Å². The van der Waals surface area contributed by atoms with Crippen molar-refractivity contribution in [2.24, 2.45) is 0 Å². The maximum atomic E-state index is 12.5. The molecule has 5 nitrogen and oxygen atoms in total. The zero-order chi connectivity index (χ0) is 18.6. The van der Waals surface area contributed by atoms with E-state index in [0.29, 0.717) is 22.0 Å². The summed E-state index contributed by atoms with van der Waals surface area (Å²) in [5.74, 6) is 0.825. The first-order valence-corrected chi connectivity index (χ1v) is 9.22. The van der Waals surface area contributed by atoms with Crippen molar-refractivity contribution in [3.05, 3.63) is 76.4 Å². The van der Waals surface area contributed by atoms with Crippen LogP contribution >= 0.6 is 11.3 Å². The van der Waals surface area contributed by atoms with Crippen LogP contribution in [0.15, 0.2) is 64.6 Å². The minimum absolute atomic E-state index is 0.00407. The quantitative estimate of drug-likeness (QED) is 0.663. The second-order valence-electron chi connectivity index (χ2n) is 6.19. The van der Waals surface area contributed by atoms with Gasteiger partial charge in [0, 0.05) is 10.4 Å². The van der Waals surface area contributed by atoms with Crippen molar-refractivity contribution in [2.45, 2.75) is 25.6 Å². The molecule has 0 aliphatic heterocycles. The molecule has 2 N–H and O–H groups in total. The standard InChI is InChI=1S/C20H21NO4S/c1-14(2)25-16-9-7-15(8-10-16)19(22)21-13-20(23,17-5-3-11-24-17)18-6-4-12-26-18/h3-12,14,23H,13H2,1-2H3,(H,21,22). The predicted octanol–water partition coefficient (Wildman–Crippen LogP) is 3.79. The molecule has 0 fully saturated rings. The molecule has 136 valence electrons. The third-order valence-corrected chi connectivity index (χ3v) is 4.87. The number of ether oxygens (including phenoxy) is 1. The van der Waals surface area contributed by atoms with Crippen LogP contribution in [0.3, 0.4) is 0 Å². The third kappa shape index (κ3) is 3.98. The number of carbonyl (C=O) groups is 1. The number of benzene rings is 1. The Bertz CT molecular complexity index is 789. The van der Waals surface area contributed by atoms with E-state index < -0.39 is 5.60 Å². The average Bonchev–Trinajstić information content (AvgIpc) is 3.33. The molecule has 2 aromatic heterocycles. The van der Waals surface area contributed by atoms with E-state index in [1.807, 2.05) is 31.4 Å². The molecule has 1 atom stereocenters. The summed E-state index contributed by atoms with van der Waals surface area (Å²) in [4.78, 5) is 13.2. The van der Waals surface area contributed by atoms with Gasteiger partial charge in [-0.3, -0.25) is 4.79 Å². The van der Waals surface area contributed by atoms with Crippen molar-refractivity contribution in [3.63, 3.8) is 0 Å². The topological polar surface area (TPSA) is 71.7 Å². The molecule has 0 spiro atoms. The van der Waals surface area contributed by atoms with E-state index in [1.165, 1.54) is 17.6 Å². The highest BCUT2D eigenvalue weighted by atomic mass is 32.1. The molecular formula is C20H21NO4S. The van der Waals surface area contributed by atoms with Crippen molar-refractivity contribution in [3.8, 4) is 5.75 Å². The fourth-order valence-electron chi connectivity index (χ4n) is 2.59. The smallest absolute Gasteiger partial charge is 0.251 e. The van der Waals surface area contributed by atoms with Gasteiger partial charge in [0.1, 0.15) is 11.5 Å². The molecule has 0 saturated heterocycles. The molecule has 0 saturated carbocycles. The van der Waals surface area contributed by atoms with Crippen molar-refractivity contribution < 1.29 is 19.1 Å². The van der Waals surface area contributed by atoms with Crippen LogP contribution in [0.2, 0.25) is 0 Å². The Labute approximate surface area is 156 Å². The number of hydrogen-bond donors (Lipinski definition) is 2. The molecule has 6 heteroatoms. The zero-order valence-corrected chi connectivity index (χ0v) is 15.5. The van der Waals surface area contributed by atoms with Crippen LogP contribution in [0.25, 0.3) is 0 Å². The van der Waals surface area contributed by atoms with Gasteiger partial charge in [0.2, 0.25) is 0 Å². The summed E-state index contributed by atoms with van der Waals surface area (Å²) >= 11 is 1.41. The lowest BCUT2D eigenvalue weighted by Gasteiger charge is -2.25. The molecule has 0 bridgehead atoms. The molecule has 0 radical (unpaired) electrons. The van der Waals surface area contributed by atoms with E-state index in [-0.39, 0.29) is 18.6 Å². The Kier molecular flexibility index (Phi) is 5.44. The Morgan fingerprint density at radius 1 is 1.23 bits per heavy atom. The maximum Gasteiger partial charge on any atom is 0.251 e. The SMILES string of the molecule is CC(C)Oc1ccc(C(=O)NCC(O)(c2ccco2)c2cccs2)cc1. The van der Waals surface area contributed by atoms with Crippen LogP contribution in [0.5, 0.6) is 5.75 Å². The van der Waals surface area contributed by atoms with Crippen molar-refractivity contribution in [2.75, 3.05) is 6.54 Å². The second-order valence-corrected chi connectivity index (χ2v) is 7.14.